The summed E-state index contributed by atoms with van der Waals surface area (Å²) < 4.78 is 5.90. The van der Waals surface area contributed by atoms with E-state index in [0.29, 0.717) is 36.5 Å². The number of esters is 1. The zero-order chi connectivity index (χ0) is 20.3. The average molecular weight is 389 g/mol. The molecule has 8 atom stereocenters. The summed E-state index contributed by atoms with van der Waals surface area (Å²) in [6, 6.07) is 0. The van der Waals surface area contributed by atoms with Gasteiger partial charge in [-0.25, -0.2) is 0 Å². The fourth-order valence-electron chi connectivity index (χ4n) is 7.87. The minimum Gasteiger partial charge on any atom is -0.462 e. The summed E-state index contributed by atoms with van der Waals surface area (Å²) in [6.07, 6.45) is 7.99. The highest BCUT2D eigenvalue weighted by Gasteiger charge is 2.63. The molecule has 0 bridgehead atoms. The van der Waals surface area contributed by atoms with E-state index >= 15 is 0 Å². The lowest BCUT2D eigenvalue weighted by Crippen LogP contribution is -2.58. The molecule has 4 heteroatoms. The molecule has 0 heterocycles. The molecule has 3 saturated carbocycles. The molecule has 3 fully saturated rings. The van der Waals surface area contributed by atoms with Gasteiger partial charge in [0.05, 0.1) is 6.61 Å². The van der Waals surface area contributed by atoms with Gasteiger partial charge in [0.25, 0.3) is 0 Å². The van der Waals surface area contributed by atoms with Crippen molar-refractivity contribution in [3.8, 4) is 0 Å². The average Bonchev–Trinajstić information content (AvgIpc) is 2.97. The molecule has 0 aromatic carbocycles. The predicted octanol–water partition coefficient (Wildman–Crippen LogP) is 4.30. The minimum absolute atomic E-state index is 0.0328. The molecule has 1 N–H and O–H groups in total. The van der Waals surface area contributed by atoms with Gasteiger partial charge < -0.3 is 9.84 Å². The zero-order valence-corrected chi connectivity index (χ0v) is 17.9. The monoisotopic (exact) mass is 388 g/mol. The summed E-state index contributed by atoms with van der Waals surface area (Å²) in [7, 11) is 0. The third-order valence-electron chi connectivity index (χ3n) is 9.25. The quantitative estimate of drug-likeness (QED) is 0.732. The van der Waals surface area contributed by atoms with E-state index in [2.05, 4.69) is 20.8 Å². The van der Waals surface area contributed by atoms with Crippen LogP contribution in [-0.4, -0.2) is 29.6 Å². The van der Waals surface area contributed by atoms with Crippen LogP contribution in [0.5, 0.6) is 0 Å². The van der Waals surface area contributed by atoms with E-state index in [1.54, 1.807) is 0 Å². The molecule has 0 radical (unpaired) electrons. The van der Waals surface area contributed by atoms with Crippen molar-refractivity contribution in [1.82, 2.24) is 0 Å². The molecule has 0 aromatic rings. The van der Waals surface area contributed by atoms with Crippen LogP contribution < -0.4 is 0 Å². The van der Waals surface area contributed by atoms with E-state index in [9.17, 15) is 14.7 Å². The SMILES string of the molecule is CCC(=O)O[C@H]1CC[C@H]2[C@@H]3[C@H](C)CC4=CC(=O)C[C@H](C)[C@]4(CO)[C@H]3CC[C@]12C. The van der Waals surface area contributed by atoms with Crippen LogP contribution in [-0.2, 0) is 14.3 Å². The number of aliphatic hydroxyl groups excluding tert-OH is 1. The number of aliphatic hydroxyl groups is 1. The molecule has 0 saturated heterocycles. The standard InChI is InChI=1S/C24H36O4/c1-5-21(27)28-20-7-6-18-22-14(2)10-16-12-17(26)11-15(3)24(16,13-25)19(22)8-9-23(18,20)4/h12,14-15,18-20,22,25H,5-11,13H2,1-4H3/t14-,15+,18+,19+,20+,22+,23+,24+/m1/s1. The van der Waals surface area contributed by atoms with Crippen molar-refractivity contribution in [1.29, 1.82) is 0 Å². The number of ether oxygens (including phenoxy) is 1. The first kappa shape index (κ1) is 20.1. The molecule has 28 heavy (non-hydrogen) atoms. The first-order valence-corrected chi connectivity index (χ1v) is 11.3. The lowest BCUT2D eigenvalue weighted by Gasteiger charge is -2.62. The summed E-state index contributed by atoms with van der Waals surface area (Å²) >= 11 is 0. The van der Waals surface area contributed by atoms with Crippen LogP contribution in [0.1, 0.15) is 72.6 Å². The predicted molar refractivity (Wildman–Crippen MR) is 107 cm³/mol. The highest BCUT2D eigenvalue weighted by molar-refractivity contribution is 5.92. The number of carbonyl (C=O) groups excluding carboxylic acids is 2. The Morgan fingerprint density at radius 3 is 2.64 bits per heavy atom. The van der Waals surface area contributed by atoms with Gasteiger partial charge >= 0.3 is 5.97 Å². The van der Waals surface area contributed by atoms with Crippen LogP contribution in [0.3, 0.4) is 0 Å². The van der Waals surface area contributed by atoms with Crippen LogP contribution >= 0.6 is 0 Å². The third kappa shape index (κ3) is 2.66. The molecule has 0 aliphatic heterocycles. The van der Waals surface area contributed by atoms with Crippen molar-refractivity contribution in [3.05, 3.63) is 11.6 Å². The maximum atomic E-state index is 12.3. The number of ketones is 1. The van der Waals surface area contributed by atoms with Crippen LogP contribution in [0, 0.1) is 40.4 Å². The van der Waals surface area contributed by atoms with Crippen LogP contribution in [0.2, 0.25) is 0 Å². The maximum absolute atomic E-state index is 12.3. The van der Waals surface area contributed by atoms with Gasteiger partial charge in [-0.3, -0.25) is 9.59 Å². The minimum atomic E-state index is -0.232. The van der Waals surface area contributed by atoms with Gasteiger partial charge in [-0.15, -0.1) is 0 Å². The first-order valence-electron chi connectivity index (χ1n) is 11.3. The van der Waals surface area contributed by atoms with Gasteiger partial charge in [-0.2, -0.15) is 0 Å². The van der Waals surface area contributed by atoms with E-state index in [-0.39, 0.29) is 41.2 Å². The number of fused-ring (bicyclic) bond motifs is 5. The second kappa shape index (κ2) is 6.97. The highest BCUT2D eigenvalue weighted by Crippen LogP contribution is 2.67. The smallest absolute Gasteiger partial charge is 0.305 e. The van der Waals surface area contributed by atoms with Crippen molar-refractivity contribution in [3.63, 3.8) is 0 Å². The molecule has 4 rings (SSSR count). The lowest BCUT2D eigenvalue weighted by atomic mass is 9.43. The highest BCUT2D eigenvalue weighted by atomic mass is 16.5. The van der Waals surface area contributed by atoms with E-state index in [0.717, 1.165) is 32.1 Å². The Hall–Kier alpha value is -1.16. The fourth-order valence-corrected chi connectivity index (χ4v) is 7.87. The Labute approximate surface area is 169 Å². The Morgan fingerprint density at radius 1 is 1.21 bits per heavy atom. The number of carbonyl (C=O) groups is 2. The van der Waals surface area contributed by atoms with Gasteiger partial charge in [0.2, 0.25) is 0 Å². The summed E-state index contributed by atoms with van der Waals surface area (Å²) in [4.78, 5) is 24.3. The molecule has 4 aliphatic rings. The Kier molecular flexibility index (Phi) is 5.01. The van der Waals surface area contributed by atoms with E-state index < -0.39 is 0 Å². The summed E-state index contributed by atoms with van der Waals surface area (Å²) in [5.74, 6) is 2.33. The van der Waals surface area contributed by atoms with Crippen molar-refractivity contribution < 1.29 is 19.4 Å². The van der Waals surface area contributed by atoms with Crippen molar-refractivity contribution in [2.24, 2.45) is 40.4 Å². The van der Waals surface area contributed by atoms with Gasteiger partial charge in [0, 0.05) is 23.7 Å². The molecule has 0 aromatic heterocycles. The number of rotatable bonds is 3. The zero-order valence-electron chi connectivity index (χ0n) is 17.9. The molecule has 4 nitrogen and oxygen atoms in total. The first-order chi connectivity index (χ1) is 13.3. The van der Waals surface area contributed by atoms with Gasteiger partial charge in [-0.1, -0.05) is 33.3 Å². The Balaban J connectivity index is 1.69. The molecule has 0 spiro atoms. The van der Waals surface area contributed by atoms with Crippen LogP contribution in [0.15, 0.2) is 11.6 Å². The second-order valence-corrected chi connectivity index (χ2v) is 10.4. The molecule has 0 unspecified atom stereocenters. The topological polar surface area (TPSA) is 63.6 Å². The molecule has 156 valence electrons. The molecular formula is C24H36O4. The second-order valence-electron chi connectivity index (χ2n) is 10.4. The normalized spacial score (nSPS) is 47.6. The Morgan fingerprint density at radius 2 is 1.96 bits per heavy atom. The van der Waals surface area contributed by atoms with Gasteiger partial charge in [0.1, 0.15) is 6.10 Å². The van der Waals surface area contributed by atoms with E-state index in [1.165, 1.54) is 5.57 Å². The molecule has 0 amide bonds. The van der Waals surface area contributed by atoms with Crippen molar-refractivity contribution in [2.45, 2.75) is 78.7 Å². The summed E-state index contributed by atoms with van der Waals surface area (Å²) in [5, 5.41) is 10.6. The Bertz CT molecular complexity index is 697. The van der Waals surface area contributed by atoms with Crippen molar-refractivity contribution in [2.75, 3.05) is 6.61 Å². The largest absolute Gasteiger partial charge is 0.462 e. The third-order valence-corrected chi connectivity index (χ3v) is 9.25. The van der Waals surface area contributed by atoms with E-state index in [1.807, 2.05) is 13.0 Å². The van der Waals surface area contributed by atoms with Crippen LogP contribution in [0.4, 0.5) is 0 Å². The fraction of sp³-hybridized carbons (Fsp3) is 0.833. The summed E-state index contributed by atoms with van der Waals surface area (Å²) in [6.45, 7) is 8.86. The van der Waals surface area contributed by atoms with E-state index in [4.69, 9.17) is 4.74 Å². The number of hydrogen-bond donors (Lipinski definition) is 1. The van der Waals surface area contributed by atoms with Gasteiger partial charge in [-0.05, 0) is 67.8 Å². The van der Waals surface area contributed by atoms with Gasteiger partial charge in [0.15, 0.2) is 5.78 Å². The summed E-state index contributed by atoms with van der Waals surface area (Å²) in [5.41, 5.74) is 1.03. The molecule has 4 aliphatic carbocycles. The van der Waals surface area contributed by atoms with Crippen molar-refractivity contribution >= 4 is 11.8 Å². The molecular weight excluding hydrogens is 352 g/mol. The lowest BCUT2D eigenvalue weighted by molar-refractivity contribution is -0.163. The maximum Gasteiger partial charge on any atom is 0.305 e. The number of hydrogen-bond acceptors (Lipinski definition) is 4. The van der Waals surface area contributed by atoms with Crippen LogP contribution in [0.25, 0.3) is 0 Å².